The molecule has 1 aromatic carbocycles. The van der Waals surface area contributed by atoms with Gasteiger partial charge in [-0.3, -0.25) is 4.18 Å². The number of ether oxygens (including phenoxy) is 4. The van der Waals surface area contributed by atoms with E-state index in [1.54, 1.807) is 26.0 Å². The highest BCUT2D eigenvalue weighted by Gasteiger charge is 2.55. The Morgan fingerprint density at radius 1 is 1.12 bits per heavy atom. The molecule has 134 valence electrons. The Balaban J connectivity index is 1.69. The fraction of sp³-hybridized carbons (Fsp3) is 0.625. The molecule has 0 aliphatic carbocycles. The molecule has 1 aromatic rings. The van der Waals surface area contributed by atoms with Crippen LogP contribution in [-0.2, 0) is 33.2 Å². The Labute approximate surface area is 141 Å². The summed E-state index contributed by atoms with van der Waals surface area (Å²) >= 11 is 0. The Bertz CT molecular complexity index is 683. The average Bonchev–Trinajstić information content (AvgIpc) is 2.99. The number of aryl methyl sites for hydroxylation is 1. The summed E-state index contributed by atoms with van der Waals surface area (Å²) in [5, 5.41) is 0. The fourth-order valence-corrected chi connectivity index (χ4v) is 3.81. The maximum atomic E-state index is 12.3. The van der Waals surface area contributed by atoms with E-state index in [4.69, 9.17) is 23.1 Å². The van der Waals surface area contributed by atoms with E-state index in [0.29, 0.717) is 0 Å². The molecule has 0 radical (unpaired) electrons. The van der Waals surface area contributed by atoms with Crippen molar-refractivity contribution in [3.63, 3.8) is 0 Å². The molecule has 8 heteroatoms. The third-order valence-electron chi connectivity index (χ3n) is 4.04. The molecule has 2 aliphatic heterocycles. The molecule has 2 saturated heterocycles. The quantitative estimate of drug-likeness (QED) is 0.740. The maximum absolute atomic E-state index is 12.3. The third kappa shape index (κ3) is 3.49. The Hall–Kier alpha value is -1.03. The zero-order valence-electron chi connectivity index (χ0n) is 14.1. The summed E-state index contributed by atoms with van der Waals surface area (Å²) in [5.41, 5.74) is 0.970. The van der Waals surface area contributed by atoms with E-state index in [-0.39, 0.29) is 11.5 Å². The number of benzene rings is 1. The number of fused-ring (bicyclic) bond motifs is 1. The Morgan fingerprint density at radius 2 is 1.75 bits per heavy atom. The number of methoxy groups -OCH3 is 1. The molecule has 0 amide bonds. The highest BCUT2D eigenvalue weighted by molar-refractivity contribution is 7.86. The van der Waals surface area contributed by atoms with Crippen molar-refractivity contribution in [1.29, 1.82) is 0 Å². The van der Waals surface area contributed by atoms with Gasteiger partial charge >= 0.3 is 0 Å². The van der Waals surface area contributed by atoms with Gasteiger partial charge in [0.2, 0.25) is 0 Å². The first-order valence-corrected chi connectivity index (χ1v) is 9.13. The van der Waals surface area contributed by atoms with Gasteiger partial charge in [0.1, 0.15) is 18.3 Å². The van der Waals surface area contributed by atoms with Crippen LogP contribution >= 0.6 is 0 Å². The van der Waals surface area contributed by atoms with Crippen LogP contribution in [0.15, 0.2) is 29.2 Å². The van der Waals surface area contributed by atoms with Gasteiger partial charge in [-0.15, -0.1) is 0 Å². The molecule has 4 atom stereocenters. The average molecular weight is 358 g/mol. The molecular formula is C16H22O7S. The van der Waals surface area contributed by atoms with Gasteiger partial charge in [-0.2, -0.15) is 8.42 Å². The molecule has 3 rings (SSSR count). The van der Waals surface area contributed by atoms with E-state index in [9.17, 15) is 8.42 Å². The van der Waals surface area contributed by atoms with Gasteiger partial charge in [0, 0.05) is 7.11 Å². The zero-order valence-corrected chi connectivity index (χ0v) is 14.9. The van der Waals surface area contributed by atoms with Crippen LogP contribution in [0.3, 0.4) is 0 Å². The SMILES string of the molecule is COC1OC(COS(=O)(=O)c2ccc(C)cc2)[C@@H]2OC(C)(C)O[C@@H]12. The van der Waals surface area contributed by atoms with Gasteiger partial charge in [0.05, 0.1) is 11.5 Å². The van der Waals surface area contributed by atoms with Crippen molar-refractivity contribution >= 4 is 10.1 Å². The van der Waals surface area contributed by atoms with E-state index >= 15 is 0 Å². The monoisotopic (exact) mass is 358 g/mol. The second kappa shape index (κ2) is 6.36. The predicted molar refractivity (Wildman–Crippen MR) is 83.8 cm³/mol. The first kappa shape index (κ1) is 17.8. The van der Waals surface area contributed by atoms with E-state index in [1.165, 1.54) is 19.2 Å². The van der Waals surface area contributed by atoms with E-state index in [0.717, 1.165) is 5.56 Å². The lowest BCUT2D eigenvalue weighted by Gasteiger charge is -2.23. The van der Waals surface area contributed by atoms with Gasteiger partial charge in [-0.25, -0.2) is 0 Å². The lowest BCUT2D eigenvalue weighted by molar-refractivity contribution is -0.229. The first-order chi connectivity index (χ1) is 11.2. The molecule has 0 spiro atoms. The van der Waals surface area contributed by atoms with Crippen LogP contribution in [0.4, 0.5) is 0 Å². The molecule has 0 saturated carbocycles. The molecule has 24 heavy (non-hydrogen) atoms. The van der Waals surface area contributed by atoms with Crippen LogP contribution in [-0.4, -0.2) is 52.5 Å². The smallest absolute Gasteiger partial charge is 0.297 e. The van der Waals surface area contributed by atoms with Gasteiger partial charge in [-0.05, 0) is 32.9 Å². The molecular weight excluding hydrogens is 336 g/mol. The van der Waals surface area contributed by atoms with Crippen LogP contribution < -0.4 is 0 Å². The topological polar surface area (TPSA) is 80.3 Å². The summed E-state index contributed by atoms with van der Waals surface area (Å²) in [6.07, 6.45) is -2.08. The summed E-state index contributed by atoms with van der Waals surface area (Å²) in [7, 11) is -2.36. The molecule has 0 bridgehead atoms. The first-order valence-electron chi connectivity index (χ1n) is 7.72. The van der Waals surface area contributed by atoms with Crippen LogP contribution in [0.1, 0.15) is 19.4 Å². The fourth-order valence-electron chi connectivity index (χ4n) is 2.90. The maximum Gasteiger partial charge on any atom is 0.297 e. The van der Waals surface area contributed by atoms with Crippen molar-refractivity contribution < 1.29 is 31.5 Å². The third-order valence-corrected chi connectivity index (χ3v) is 5.33. The molecule has 7 nitrogen and oxygen atoms in total. The summed E-state index contributed by atoms with van der Waals surface area (Å²) in [4.78, 5) is 0.106. The Morgan fingerprint density at radius 3 is 2.38 bits per heavy atom. The van der Waals surface area contributed by atoms with Gasteiger partial charge in [0.25, 0.3) is 10.1 Å². The molecule has 2 fully saturated rings. The molecule has 0 aromatic heterocycles. The summed E-state index contributed by atoms with van der Waals surface area (Å²) < 4.78 is 52.2. The van der Waals surface area contributed by atoms with Crippen molar-refractivity contribution in [3.05, 3.63) is 29.8 Å². The summed E-state index contributed by atoms with van der Waals surface area (Å²) in [6.45, 7) is 5.29. The number of hydrogen-bond acceptors (Lipinski definition) is 7. The van der Waals surface area contributed by atoms with Crippen LogP contribution in [0.5, 0.6) is 0 Å². The lowest BCUT2D eigenvalue weighted by Crippen LogP contribution is -2.33. The highest BCUT2D eigenvalue weighted by atomic mass is 32.2. The molecule has 2 unspecified atom stereocenters. The minimum absolute atomic E-state index is 0.106. The highest BCUT2D eigenvalue weighted by Crippen LogP contribution is 2.39. The van der Waals surface area contributed by atoms with E-state index in [2.05, 4.69) is 0 Å². The van der Waals surface area contributed by atoms with Crippen LogP contribution in [0, 0.1) is 6.92 Å². The predicted octanol–water partition coefficient (Wildman–Crippen LogP) is 1.59. The standard InChI is InChI=1S/C16H22O7S/c1-10-5-7-11(8-6-10)24(17,18)20-9-12-13-14(15(19-4)21-12)23-16(2,3)22-13/h5-8,12-15H,9H2,1-4H3/t12?,13-,14+,15?/m0/s1. The van der Waals surface area contributed by atoms with Crippen molar-refractivity contribution in [2.75, 3.05) is 13.7 Å². The number of hydrogen-bond donors (Lipinski definition) is 0. The molecule has 0 N–H and O–H groups in total. The number of rotatable bonds is 5. The van der Waals surface area contributed by atoms with Crippen molar-refractivity contribution in [1.82, 2.24) is 0 Å². The van der Waals surface area contributed by atoms with Crippen molar-refractivity contribution in [2.45, 2.75) is 56.1 Å². The molecule has 2 heterocycles. The summed E-state index contributed by atoms with van der Waals surface area (Å²) in [6, 6.07) is 6.46. The van der Waals surface area contributed by atoms with Crippen molar-refractivity contribution in [3.8, 4) is 0 Å². The van der Waals surface area contributed by atoms with Gasteiger partial charge in [-0.1, -0.05) is 17.7 Å². The molecule has 2 aliphatic rings. The second-order valence-corrected chi connectivity index (χ2v) is 8.01. The van der Waals surface area contributed by atoms with Crippen LogP contribution in [0.25, 0.3) is 0 Å². The second-order valence-electron chi connectivity index (χ2n) is 6.40. The Kier molecular flexibility index (Phi) is 4.71. The van der Waals surface area contributed by atoms with E-state index in [1.807, 2.05) is 6.92 Å². The lowest BCUT2D eigenvalue weighted by atomic mass is 10.1. The van der Waals surface area contributed by atoms with Gasteiger partial charge in [0.15, 0.2) is 12.1 Å². The van der Waals surface area contributed by atoms with E-state index < -0.39 is 40.5 Å². The normalized spacial score (nSPS) is 32.0. The largest absolute Gasteiger partial charge is 0.353 e. The minimum atomic E-state index is -3.86. The minimum Gasteiger partial charge on any atom is -0.353 e. The summed E-state index contributed by atoms with van der Waals surface area (Å²) in [5.74, 6) is -0.774. The zero-order chi connectivity index (χ0) is 17.5. The van der Waals surface area contributed by atoms with Crippen LogP contribution in [0.2, 0.25) is 0 Å². The van der Waals surface area contributed by atoms with Crippen molar-refractivity contribution in [2.24, 2.45) is 0 Å². The van der Waals surface area contributed by atoms with Gasteiger partial charge < -0.3 is 18.9 Å².